The highest BCUT2D eigenvalue weighted by Gasteiger charge is 2.20. The third-order valence-electron chi connectivity index (χ3n) is 4.27. The van der Waals surface area contributed by atoms with Gasteiger partial charge in [-0.3, -0.25) is 14.9 Å². The van der Waals surface area contributed by atoms with Crippen molar-refractivity contribution in [2.75, 3.05) is 18.5 Å². The first-order chi connectivity index (χ1) is 14.9. The standard InChI is InChI=1S/C22H20N2O6S/c1-3-29-22(26)17-12-19(15-7-5-4-6-8-15)31-21(17)23-20(25)13-30-18-10-9-16(24(27)28)11-14(18)2/h4-12H,3,13H2,1-2H3,(H,23,25). The van der Waals surface area contributed by atoms with Crippen molar-refractivity contribution in [3.05, 3.63) is 75.8 Å². The molecule has 160 valence electrons. The number of rotatable bonds is 8. The summed E-state index contributed by atoms with van der Waals surface area (Å²) in [5.41, 5.74) is 1.67. The van der Waals surface area contributed by atoms with E-state index in [9.17, 15) is 19.7 Å². The summed E-state index contributed by atoms with van der Waals surface area (Å²) >= 11 is 1.26. The number of thiophene rings is 1. The number of amides is 1. The first-order valence-electron chi connectivity index (χ1n) is 9.43. The first-order valence-corrected chi connectivity index (χ1v) is 10.2. The number of carbonyl (C=O) groups excluding carboxylic acids is 2. The maximum absolute atomic E-state index is 12.5. The molecule has 3 rings (SSSR count). The second-order valence-electron chi connectivity index (χ2n) is 6.48. The monoisotopic (exact) mass is 440 g/mol. The minimum Gasteiger partial charge on any atom is -0.483 e. The van der Waals surface area contributed by atoms with Crippen molar-refractivity contribution in [1.82, 2.24) is 0 Å². The number of anilines is 1. The van der Waals surface area contributed by atoms with E-state index in [0.29, 0.717) is 16.3 Å². The van der Waals surface area contributed by atoms with Crippen molar-refractivity contribution in [3.63, 3.8) is 0 Å². The molecule has 0 bridgehead atoms. The Morgan fingerprint density at radius 3 is 2.52 bits per heavy atom. The summed E-state index contributed by atoms with van der Waals surface area (Å²) in [6.45, 7) is 3.26. The van der Waals surface area contributed by atoms with Crippen LogP contribution < -0.4 is 10.1 Å². The fourth-order valence-electron chi connectivity index (χ4n) is 2.80. The second kappa shape index (κ2) is 9.86. The lowest BCUT2D eigenvalue weighted by atomic mass is 10.1. The van der Waals surface area contributed by atoms with Gasteiger partial charge in [0.2, 0.25) is 0 Å². The highest BCUT2D eigenvalue weighted by molar-refractivity contribution is 7.20. The number of hydrogen-bond donors (Lipinski definition) is 1. The number of esters is 1. The number of ether oxygens (including phenoxy) is 2. The number of hydrogen-bond acceptors (Lipinski definition) is 7. The Morgan fingerprint density at radius 1 is 1.13 bits per heavy atom. The van der Waals surface area contributed by atoms with Gasteiger partial charge >= 0.3 is 5.97 Å². The van der Waals surface area contributed by atoms with E-state index in [4.69, 9.17) is 9.47 Å². The van der Waals surface area contributed by atoms with Gasteiger partial charge in [0.1, 0.15) is 10.8 Å². The zero-order valence-corrected chi connectivity index (χ0v) is 17.7. The quantitative estimate of drug-likeness (QED) is 0.305. The van der Waals surface area contributed by atoms with Gasteiger partial charge in [-0.15, -0.1) is 11.3 Å². The number of nitro benzene ring substituents is 1. The number of nitrogens with zero attached hydrogens (tertiary/aromatic N) is 1. The number of non-ortho nitro benzene ring substituents is 1. The van der Waals surface area contributed by atoms with Crippen LogP contribution in [0.5, 0.6) is 5.75 Å². The zero-order valence-electron chi connectivity index (χ0n) is 16.9. The van der Waals surface area contributed by atoms with Gasteiger partial charge in [-0.05, 0) is 37.1 Å². The molecule has 1 aromatic heterocycles. The third-order valence-corrected chi connectivity index (χ3v) is 5.37. The Balaban J connectivity index is 1.75. The van der Waals surface area contributed by atoms with E-state index in [2.05, 4.69) is 5.32 Å². The van der Waals surface area contributed by atoms with E-state index in [1.54, 1.807) is 19.9 Å². The summed E-state index contributed by atoms with van der Waals surface area (Å²) < 4.78 is 10.6. The van der Waals surface area contributed by atoms with Crippen molar-refractivity contribution in [2.24, 2.45) is 0 Å². The van der Waals surface area contributed by atoms with Crippen molar-refractivity contribution in [1.29, 1.82) is 0 Å². The molecule has 9 heteroatoms. The van der Waals surface area contributed by atoms with Crippen molar-refractivity contribution >= 4 is 33.9 Å². The number of nitro groups is 1. The summed E-state index contributed by atoms with van der Waals surface area (Å²) in [6.07, 6.45) is 0. The first kappa shape index (κ1) is 22.0. The van der Waals surface area contributed by atoms with E-state index in [-0.39, 0.29) is 24.5 Å². The average Bonchev–Trinajstić information content (AvgIpc) is 3.17. The molecule has 2 aromatic carbocycles. The molecule has 0 aliphatic carbocycles. The van der Waals surface area contributed by atoms with Gasteiger partial charge in [-0.2, -0.15) is 0 Å². The molecule has 3 aromatic rings. The van der Waals surface area contributed by atoms with Gasteiger partial charge in [-0.1, -0.05) is 30.3 Å². The van der Waals surface area contributed by atoms with Gasteiger partial charge in [0, 0.05) is 17.0 Å². The van der Waals surface area contributed by atoms with Crippen molar-refractivity contribution < 1.29 is 24.0 Å². The molecule has 0 saturated carbocycles. The van der Waals surface area contributed by atoms with Crippen LogP contribution in [0.1, 0.15) is 22.8 Å². The fourth-order valence-corrected chi connectivity index (χ4v) is 3.87. The highest BCUT2D eigenvalue weighted by atomic mass is 32.1. The van der Waals surface area contributed by atoms with Crippen LogP contribution in [-0.2, 0) is 9.53 Å². The van der Waals surface area contributed by atoms with Gasteiger partial charge in [-0.25, -0.2) is 4.79 Å². The topological polar surface area (TPSA) is 108 Å². The minimum absolute atomic E-state index is 0.0552. The molecular weight excluding hydrogens is 420 g/mol. The summed E-state index contributed by atoms with van der Waals surface area (Å²) in [5, 5.41) is 13.9. The minimum atomic E-state index is -0.525. The molecule has 0 aliphatic rings. The maximum atomic E-state index is 12.5. The third kappa shape index (κ3) is 5.46. The Kier molecular flexibility index (Phi) is 6.99. The predicted molar refractivity (Wildman–Crippen MR) is 118 cm³/mol. The largest absolute Gasteiger partial charge is 0.483 e. The maximum Gasteiger partial charge on any atom is 0.341 e. The molecule has 0 atom stereocenters. The fraction of sp³-hybridized carbons (Fsp3) is 0.182. The van der Waals surface area contributed by atoms with E-state index in [1.165, 1.54) is 29.5 Å². The molecule has 0 aliphatic heterocycles. The smallest absolute Gasteiger partial charge is 0.341 e. The molecule has 0 saturated heterocycles. The SMILES string of the molecule is CCOC(=O)c1cc(-c2ccccc2)sc1NC(=O)COc1ccc([N+](=O)[O-])cc1C. The van der Waals surface area contributed by atoms with Crippen LogP contribution in [0.3, 0.4) is 0 Å². The van der Waals surface area contributed by atoms with E-state index < -0.39 is 16.8 Å². The van der Waals surface area contributed by atoms with Crippen LogP contribution in [-0.4, -0.2) is 30.0 Å². The Hall–Kier alpha value is -3.72. The van der Waals surface area contributed by atoms with Crippen LogP contribution >= 0.6 is 11.3 Å². The van der Waals surface area contributed by atoms with E-state index in [1.807, 2.05) is 30.3 Å². The highest BCUT2D eigenvalue weighted by Crippen LogP contribution is 2.36. The molecule has 8 nitrogen and oxygen atoms in total. The normalized spacial score (nSPS) is 10.4. The average molecular weight is 440 g/mol. The molecule has 31 heavy (non-hydrogen) atoms. The molecule has 1 heterocycles. The summed E-state index contributed by atoms with van der Waals surface area (Å²) in [7, 11) is 0. The van der Waals surface area contributed by atoms with Crippen LogP contribution in [0.2, 0.25) is 0 Å². The second-order valence-corrected chi connectivity index (χ2v) is 7.54. The summed E-state index contributed by atoms with van der Waals surface area (Å²) in [6, 6.07) is 15.3. The summed E-state index contributed by atoms with van der Waals surface area (Å²) in [4.78, 5) is 36.0. The molecule has 0 unspecified atom stereocenters. The molecule has 0 radical (unpaired) electrons. The van der Waals surface area contributed by atoms with Gasteiger partial charge in [0.15, 0.2) is 6.61 Å². The molecule has 0 fully saturated rings. The van der Waals surface area contributed by atoms with Crippen molar-refractivity contribution in [3.8, 4) is 16.2 Å². The van der Waals surface area contributed by atoms with Gasteiger partial charge in [0.25, 0.3) is 11.6 Å². The lowest BCUT2D eigenvalue weighted by Crippen LogP contribution is -2.21. The predicted octanol–water partition coefficient (Wildman–Crippen LogP) is 4.83. The molecule has 0 spiro atoms. The van der Waals surface area contributed by atoms with E-state index in [0.717, 1.165) is 10.4 Å². The number of aryl methyl sites for hydroxylation is 1. The number of carbonyl (C=O) groups is 2. The molecule has 1 amide bonds. The van der Waals surface area contributed by atoms with E-state index >= 15 is 0 Å². The Morgan fingerprint density at radius 2 is 1.87 bits per heavy atom. The van der Waals surface area contributed by atoms with Crippen LogP contribution in [0.25, 0.3) is 10.4 Å². The zero-order chi connectivity index (χ0) is 22.4. The van der Waals surface area contributed by atoms with Crippen LogP contribution in [0.15, 0.2) is 54.6 Å². The van der Waals surface area contributed by atoms with Crippen LogP contribution in [0.4, 0.5) is 10.7 Å². The van der Waals surface area contributed by atoms with Gasteiger partial charge in [0.05, 0.1) is 17.1 Å². The number of benzene rings is 2. The lowest BCUT2D eigenvalue weighted by molar-refractivity contribution is -0.384. The molecular formula is C22H20N2O6S. The summed E-state index contributed by atoms with van der Waals surface area (Å²) in [5.74, 6) is -0.629. The Labute approximate surface area is 182 Å². The number of nitrogens with one attached hydrogen (secondary N) is 1. The van der Waals surface area contributed by atoms with Crippen LogP contribution in [0, 0.1) is 17.0 Å². The molecule has 1 N–H and O–H groups in total. The Bertz CT molecular complexity index is 1110. The lowest BCUT2D eigenvalue weighted by Gasteiger charge is -2.09. The van der Waals surface area contributed by atoms with Crippen molar-refractivity contribution in [2.45, 2.75) is 13.8 Å². The van der Waals surface area contributed by atoms with Gasteiger partial charge < -0.3 is 14.8 Å².